The van der Waals surface area contributed by atoms with Crippen molar-refractivity contribution in [3.05, 3.63) is 28.8 Å². The summed E-state index contributed by atoms with van der Waals surface area (Å²) in [7, 11) is -3.60. The van der Waals surface area contributed by atoms with E-state index < -0.39 is 10.0 Å². The average Bonchev–Trinajstić information content (AvgIpc) is 2.81. The van der Waals surface area contributed by atoms with Gasteiger partial charge in [0.2, 0.25) is 10.0 Å². The third-order valence-electron chi connectivity index (χ3n) is 4.05. The lowest BCUT2D eigenvalue weighted by molar-refractivity contribution is 0.200. The molecule has 0 atom stereocenters. The molecule has 1 aromatic rings. The Morgan fingerprint density at radius 3 is 2.67 bits per heavy atom. The summed E-state index contributed by atoms with van der Waals surface area (Å²) in [5.41, 5.74) is 0.838. The summed E-state index contributed by atoms with van der Waals surface area (Å²) in [6, 6.07) is 4.64. The Labute approximate surface area is 148 Å². The van der Waals surface area contributed by atoms with Crippen LogP contribution in [0.5, 0.6) is 0 Å². The third kappa shape index (κ3) is 4.40. The van der Waals surface area contributed by atoms with E-state index in [4.69, 9.17) is 11.6 Å². The Kier molecular flexibility index (Phi) is 6.48. The fraction of sp³-hybridized carbons (Fsp3) is 0.562. The number of nitrogens with zero attached hydrogens (tertiary/aromatic N) is 2. The van der Waals surface area contributed by atoms with Crippen molar-refractivity contribution >= 4 is 27.7 Å². The molecule has 1 heterocycles. The lowest BCUT2D eigenvalue weighted by atomic mass is 10.2. The molecule has 1 fully saturated rings. The van der Waals surface area contributed by atoms with Gasteiger partial charge in [0, 0.05) is 37.7 Å². The number of aryl methyl sites for hydroxylation is 1. The molecule has 0 bridgehead atoms. The molecule has 1 aromatic carbocycles. The van der Waals surface area contributed by atoms with Gasteiger partial charge in [-0.3, -0.25) is 0 Å². The first-order chi connectivity index (χ1) is 11.4. The highest BCUT2D eigenvalue weighted by molar-refractivity contribution is 7.89. The van der Waals surface area contributed by atoms with Gasteiger partial charge in [-0.1, -0.05) is 24.6 Å². The molecule has 6 nitrogen and oxygen atoms in total. The maximum Gasteiger partial charge on any atom is 0.317 e. The Morgan fingerprint density at radius 1 is 1.25 bits per heavy atom. The lowest BCUT2D eigenvalue weighted by Crippen LogP contribution is -2.42. The lowest BCUT2D eigenvalue weighted by Gasteiger charge is -2.22. The number of sulfonamides is 1. The van der Waals surface area contributed by atoms with Crippen LogP contribution in [-0.4, -0.2) is 56.4 Å². The normalized spacial score (nSPS) is 16.7. The summed E-state index contributed by atoms with van der Waals surface area (Å²) < 4.78 is 27.0. The van der Waals surface area contributed by atoms with E-state index in [0.29, 0.717) is 37.6 Å². The average molecular weight is 374 g/mol. The molecule has 0 aliphatic carbocycles. The number of urea groups is 1. The van der Waals surface area contributed by atoms with Gasteiger partial charge in [-0.15, -0.1) is 0 Å². The summed E-state index contributed by atoms with van der Waals surface area (Å²) in [5.74, 6) is 0. The highest BCUT2D eigenvalue weighted by atomic mass is 35.5. The molecule has 2 rings (SSSR count). The molecule has 0 radical (unpaired) electrons. The predicted molar refractivity (Wildman–Crippen MR) is 94.8 cm³/mol. The maximum atomic E-state index is 12.8. The number of carbonyl (C=O) groups excluding carboxylic acids is 1. The summed E-state index contributed by atoms with van der Waals surface area (Å²) in [6.07, 6.45) is 1.48. The zero-order valence-corrected chi connectivity index (χ0v) is 15.7. The minimum absolute atomic E-state index is 0.130. The quantitative estimate of drug-likeness (QED) is 0.881. The summed E-state index contributed by atoms with van der Waals surface area (Å²) in [6.45, 7) is 6.06. The number of halogens is 1. The van der Waals surface area contributed by atoms with Crippen molar-refractivity contribution in [1.29, 1.82) is 0 Å². The minimum Gasteiger partial charge on any atom is -0.338 e. The summed E-state index contributed by atoms with van der Waals surface area (Å²) >= 11 is 6.06. The van der Waals surface area contributed by atoms with Crippen molar-refractivity contribution in [2.75, 3.05) is 32.7 Å². The fourth-order valence-corrected chi connectivity index (χ4v) is 4.31. The first kappa shape index (κ1) is 19.0. The molecule has 1 aliphatic heterocycles. The van der Waals surface area contributed by atoms with Crippen LogP contribution >= 0.6 is 11.6 Å². The van der Waals surface area contributed by atoms with Crippen molar-refractivity contribution in [3.8, 4) is 0 Å². The van der Waals surface area contributed by atoms with Gasteiger partial charge in [-0.05, 0) is 37.5 Å². The number of hydrogen-bond donors (Lipinski definition) is 1. The number of rotatable bonds is 4. The fourth-order valence-electron chi connectivity index (χ4n) is 2.56. The molecule has 0 spiro atoms. The van der Waals surface area contributed by atoms with Crippen molar-refractivity contribution in [3.63, 3.8) is 0 Å². The van der Waals surface area contributed by atoms with Crippen LogP contribution in [0.4, 0.5) is 4.79 Å². The molecule has 24 heavy (non-hydrogen) atoms. The minimum atomic E-state index is -3.60. The molecule has 0 unspecified atom stereocenters. The Morgan fingerprint density at radius 2 is 2.00 bits per heavy atom. The second-order valence-corrected chi connectivity index (χ2v) is 8.23. The largest absolute Gasteiger partial charge is 0.338 e. The maximum absolute atomic E-state index is 12.8. The highest BCUT2D eigenvalue weighted by Gasteiger charge is 2.28. The molecule has 134 valence electrons. The third-order valence-corrected chi connectivity index (χ3v) is 6.35. The molecular weight excluding hydrogens is 350 g/mol. The van der Waals surface area contributed by atoms with Crippen LogP contribution in [0.1, 0.15) is 25.3 Å². The topological polar surface area (TPSA) is 69.7 Å². The smallest absolute Gasteiger partial charge is 0.317 e. The molecule has 1 aliphatic rings. The van der Waals surface area contributed by atoms with Crippen molar-refractivity contribution in [1.82, 2.24) is 14.5 Å². The molecule has 1 saturated heterocycles. The highest BCUT2D eigenvalue weighted by Crippen LogP contribution is 2.23. The molecule has 1 N–H and O–H groups in total. The predicted octanol–water partition coefficient (Wildman–Crippen LogP) is 2.46. The van der Waals surface area contributed by atoms with E-state index in [1.807, 2.05) is 13.8 Å². The first-order valence-electron chi connectivity index (χ1n) is 8.15. The zero-order chi connectivity index (χ0) is 17.7. The summed E-state index contributed by atoms with van der Waals surface area (Å²) in [4.78, 5) is 13.9. The van der Waals surface area contributed by atoms with E-state index >= 15 is 0 Å². The first-order valence-corrected chi connectivity index (χ1v) is 9.97. The molecule has 2 amide bonds. The van der Waals surface area contributed by atoms with E-state index in [-0.39, 0.29) is 17.5 Å². The van der Waals surface area contributed by atoms with Crippen LogP contribution in [-0.2, 0) is 10.0 Å². The van der Waals surface area contributed by atoms with Gasteiger partial charge in [-0.25, -0.2) is 13.2 Å². The van der Waals surface area contributed by atoms with Gasteiger partial charge >= 0.3 is 6.03 Å². The molecule has 0 aromatic heterocycles. The summed E-state index contributed by atoms with van der Waals surface area (Å²) in [5, 5.41) is 3.27. The number of nitrogens with one attached hydrogen (secondary N) is 1. The van der Waals surface area contributed by atoms with Crippen molar-refractivity contribution in [2.24, 2.45) is 0 Å². The number of hydrogen-bond acceptors (Lipinski definition) is 3. The standard InChI is InChI=1S/C16H24ClN3O3S/c1-3-7-18-16(21)19-8-4-9-20(11-10-19)24(22,23)14-6-5-13(2)15(17)12-14/h5-6,12H,3-4,7-11H2,1-2H3,(H,18,21). The van der Waals surface area contributed by atoms with Gasteiger partial charge in [0.15, 0.2) is 0 Å². The Hall–Kier alpha value is -1.31. The van der Waals surface area contributed by atoms with Crippen molar-refractivity contribution in [2.45, 2.75) is 31.6 Å². The van der Waals surface area contributed by atoms with Crippen LogP contribution in [0.3, 0.4) is 0 Å². The zero-order valence-electron chi connectivity index (χ0n) is 14.1. The van der Waals surface area contributed by atoms with Gasteiger partial charge < -0.3 is 10.2 Å². The van der Waals surface area contributed by atoms with Crippen LogP contribution in [0.2, 0.25) is 5.02 Å². The SMILES string of the molecule is CCCNC(=O)N1CCCN(S(=O)(=O)c2ccc(C)c(Cl)c2)CC1. The Balaban J connectivity index is 2.09. The van der Waals surface area contributed by atoms with E-state index in [1.54, 1.807) is 17.0 Å². The second-order valence-electron chi connectivity index (χ2n) is 5.89. The van der Waals surface area contributed by atoms with Gasteiger partial charge in [0.05, 0.1) is 4.90 Å². The van der Waals surface area contributed by atoms with Gasteiger partial charge in [0.1, 0.15) is 0 Å². The molecule has 0 saturated carbocycles. The van der Waals surface area contributed by atoms with Gasteiger partial charge in [-0.2, -0.15) is 4.31 Å². The van der Waals surface area contributed by atoms with E-state index in [2.05, 4.69) is 5.32 Å². The van der Waals surface area contributed by atoms with E-state index in [0.717, 1.165) is 12.0 Å². The van der Waals surface area contributed by atoms with Crippen LogP contribution in [0.25, 0.3) is 0 Å². The Bertz CT molecular complexity index is 694. The van der Waals surface area contributed by atoms with Gasteiger partial charge in [0.25, 0.3) is 0 Å². The number of carbonyl (C=O) groups is 1. The van der Waals surface area contributed by atoms with E-state index in [1.165, 1.54) is 10.4 Å². The van der Waals surface area contributed by atoms with Crippen LogP contribution < -0.4 is 5.32 Å². The van der Waals surface area contributed by atoms with Crippen LogP contribution in [0, 0.1) is 6.92 Å². The number of amides is 2. The molecule has 8 heteroatoms. The monoisotopic (exact) mass is 373 g/mol. The second kappa shape index (κ2) is 8.18. The van der Waals surface area contributed by atoms with Crippen molar-refractivity contribution < 1.29 is 13.2 Å². The molecular formula is C16H24ClN3O3S. The van der Waals surface area contributed by atoms with Crippen LogP contribution in [0.15, 0.2) is 23.1 Å². The number of benzene rings is 1. The van der Waals surface area contributed by atoms with E-state index in [9.17, 15) is 13.2 Å².